The average Bonchev–Trinajstić information content (AvgIpc) is 2.35. The number of nitrogens with zero attached hydrogens (tertiary/aromatic N) is 1. The van der Waals surface area contributed by atoms with Gasteiger partial charge in [-0.05, 0) is 24.3 Å². The normalized spacial score (nSPS) is 11.2. The van der Waals surface area contributed by atoms with E-state index in [1.807, 2.05) is 0 Å². The molecule has 0 aliphatic heterocycles. The Hall–Kier alpha value is -0.930. The number of nitrogens with two attached hydrogens (primary N) is 1. The fourth-order valence-electron chi connectivity index (χ4n) is 1.42. The van der Waals surface area contributed by atoms with Crippen molar-refractivity contribution in [2.24, 2.45) is 4.99 Å². The molecule has 6 heteroatoms. The van der Waals surface area contributed by atoms with Crippen LogP contribution in [0, 0.1) is 0 Å². The van der Waals surface area contributed by atoms with Gasteiger partial charge in [-0.15, -0.1) is 0 Å². The standard InChI is InChI=1S/C13H8Cl4N2/c14-9-2-1-3-10(15)8(9)6-19-7-4-11(16)13(18)12(17)5-7/h1-6H,18H2. The van der Waals surface area contributed by atoms with Crippen LogP contribution in [0.3, 0.4) is 0 Å². The average molecular weight is 334 g/mol. The Balaban J connectivity index is 2.38. The van der Waals surface area contributed by atoms with Gasteiger partial charge in [0.15, 0.2) is 0 Å². The number of aliphatic imine (C=N–C) groups is 1. The fraction of sp³-hybridized carbons (Fsp3) is 0. The second-order valence-corrected chi connectivity index (χ2v) is 5.35. The summed E-state index contributed by atoms with van der Waals surface area (Å²) < 4.78 is 0. The van der Waals surface area contributed by atoms with E-state index in [9.17, 15) is 0 Å². The number of anilines is 1. The second kappa shape index (κ2) is 6.02. The van der Waals surface area contributed by atoms with Crippen LogP contribution in [0.25, 0.3) is 0 Å². The number of rotatable bonds is 2. The lowest BCUT2D eigenvalue weighted by Gasteiger charge is -2.03. The summed E-state index contributed by atoms with van der Waals surface area (Å²) >= 11 is 23.9. The van der Waals surface area contributed by atoms with Crippen LogP contribution >= 0.6 is 46.4 Å². The highest BCUT2D eigenvalue weighted by Gasteiger charge is 2.05. The minimum atomic E-state index is 0.332. The highest BCUT2D eigenvalue weighted by atomic mass is 35.5. The first-order chi connectivity index (χ1) is 8.99. The van der Waals surface area contributed by atoms with Crippen molar-refractivity contribution in [3.8, 4) is 0 Å². The monoisotopic (exact) mass is 332 g/mol. The van der Waals surface area contributed by atoms with Gasteiger partial charge in [-0.3, -0.25) is 4.99 Å². The molecule has 0 fully saturated rings. The van der Waals surface area contributed by atoms with Crippen LogP contribution in [0.2, 0.25) is 20.1 Å². The molecule has 2 aromatic rings. The first-order valence-electron chi connectivity index (χ1n) is 5.21. The molecule has 2 aromatic carbocycles. The first kappa shape index (κ1) is 14.5. The largest absolute Gasteiger partial charge is 0.396 e. The Morgan fingerprint density at radius 1 is 0.895 bits per heavy atom. The molecule has 2 rings (SSSR count). The van der Waals surface area contributed by atoms with E-state index in [-0.39, 0.29) is 0 Å². The van der Waals surface area contributed by atoms with Crippen molar-refractivity contribution < 1.29 is 0 Å². The zero-order valence-corrected chi connectivity index (χ0v) is 12.5. The van der Waals surface area contributed by atoms with E-state index in [2.05, 4.69) is 4.99 Å². The third-order valence-electron chi connectivity index (χ3n) is 2.41. The Labute approximate surface area is 130 Å². The topological polar surface area (TPSA) is 38.4 Å². The maximum atomic E-state index is 6.04. The quantitative estimate of drug-likeness (QED) is 0.561. The van der Waals surface area contributed by atoms with Gasteiger partial charge < -0.3 is 5.73 Å². The van der Waals surface area contributed by atoms with E-state index in [1.54, 1.807) is 36.5 Å². The van der Waals surface area contributed by atoms with Crippen molar-refractivity contribution in [3.63, 3.8) is 0 Å². The second-order valence-electron chi connectivity index (χ2n) is 3.72. The maximum absolute atomic E-state index is 6.04. The molecule has 2 N–H and O–H groups in total. The van der Waals surface area contributed by atoms with Crippen molar-refractivity contribution in [2.75, 3.05) is 5.73 Å². The zero-order valence-electron chi connectivity index (χ0n) is 9.50. The summed E-state index contributed by atoms with van der Waals surface area (Å²) in [6, 6.07) is 8.46. The molecular weight excluding hydrogens is 326 g/mol. The Bertz CT molecular complexity index is 610. The van der Waals surface area contributed by atoms with Crippen LogP contribution in [-0.2, 0) is 0 Å². The minimum absolute atomic E-state index is 0.332. The predicted octanol–water partition coefficient (Wildman–Crippen LogP) is 5.63. The van der Waals surface area contributed by atoms with Gasteiger partial charge in [-0.2, -0.15) is 0 Å². The van der Waals surface area contributed by atoms with Crippen molar-refractivity contribution in [3.05, 3.63) is 56.0 Å². The summed E-state index contributed by atoms with van der Waals surface area (Å²) in [6.45, 7) is 0. The van der Waals surface area contributed by atoms with E-state index in [4.69, 9.17) is 52.1 Å². The van der Waals surface area contributed by atoms with Crippen molar-refractivity contribution in [1.29, 1.82) is 0 Å². The van der Waals surface area contributed by atoms with Crippen molar-refractivity contribution in [1.82, 2.24) is 0 Å². The molecule has 0 aliphatic rings. The summed E-state index contributed by atoms with van der Waals surface area (Å²) in [5.41, 5.74) is 7.18. The van der Waals surface area contributed by atoms with Gasteiger partial charge in [0.2, 0.25) is 0 Å². The maximum Gasteiger partial charge on any atom is 0.0694 e. The lowest BCUT2D eigenvalue weighted by atomic mass is 10.2. The molecule has 0 bridgehead atoms. The lowest BCUT2D eigenvalue weighted by molar-refractivity contribution is 1.52. The molecule has 0 saturated heterocycles. The number of halogens is 4. The Kier molecular flexibility index (Phi) is 4.58. The van der Waals surface area contributed by atoms with Gasteiger partial charge in [0.1, 0.15) is 0 Å². The Morgan fingerprint density at radius 3 is 1.95 bits per heavy atom. The molecule has 2 nitrogen and oxygen atoms in total. The van der Waals surface area contributed by atoms with E-state index in [1.165, 1.54) is 0 Å². The van der Waals surface area contributed by atoms with E-state index in [0.29, 0.717) is 37.0 Å². The van der Waals surface area contributed by atoms with E-state index in [0.717, 1.165) is 0 Å². The third-order valence-corrected chi connectivity index (χ3v) is 3.69. The molecule has 0 atom stereocenters. The molecular formula is C13H8Cl4N2. The van der Waals surface area contributed by atoms with Crippen molar-refractivity contribution >= 4 is 64.0 Å². The minimum Gasteiger partial charge on any atom is -0.396 e. The molecule has 0 unspecified atom stereocenters. The lowest BCUT2D eigenvalue weighted by Crippen LogP contribution is -1.88. The molecule has 0 aliphatic carbocycles. The highest BCUT2D eigenvalue weighted by molar-refractivity contribution is 6.39. The SMILES string of the molecule is Nc1c(Cl)cc(N=Cc2c(Cl)cccc2Cl)cc1Cl. The van der Waals surface area contributed by atoms with E-state index >= 15 is 0 Å². The fourth-order valence-corrected chi connectivity index (χ4v) is 2.39. The number of nitrogen functional groups attached to an aromatic ring is 1. The van der Waals surface area contributed by atoms with Crippen LogP contribution < -0.4 is 5.73 Å². The summed E-state index contributed by atoms with van der Waals surface area (Å²) in [6.07, 6.45) is 1.56. The predicted molar refractivity (Wildman–Crippen MR) is 84.6 cm³/mol. The van der Waals surface area contributed by atoms with Gasteiger partial charge in [0, 0.05) is 11.8 Å². The Morgan fingerprint density at radius 2 is 1.42 bits per heavy atom. The number of hydrogen-bond donors (Lipinski definition) is 1. The highest BCUT2D eigenvalue weighted by Crippen LogP contribution is 2.32. The van der Waals surface area contributed by atoms with Gasteiger partial charge in [-0.25, -0.2) is 0 Å². The smallest absolute Gasteiger partial charge is 0.0694 e. The molecule has 0 heterocycles. The number of benzene rings is 2. The molecule has 0 saturated carbocycles. The van der Waals surface area contributed by atoms with Crippen molar-refractivity contribution in [2.45, 2.75) is 0 Å². The van der Waals surface area contributed by atoms with Gasteiger partial charge in [0.25, 0.3) is 0 Å². The van der Waals surface area contributed by atoms with Crippen LogP contribution in [0.4, 0.5) is 11.4 Å². The summed E-state index contributed by atoms with van der Waals surface area (Å²) in [4.78, 5) is 4.24. The third kappa shape index (κ3) is 3.34. The van der Waals surface area contributed by atoms with Crippen LogP contribution in [0.1, 0.15) is 5.56 Å². The first-order valence-corrected chi connectivity index (χ1v) is 6.73. The van der Waals surface area contributed by atoms with Gasteiger partial charge in [0.05, 0.1) is 31.5 Å². The van der Waals surface area contributed by atoms with Crippen LogP contribution in [0.5, 0.6) is 0 Å². The summed E-state index contributed by atoms with van der Waals surface area (Å²) in [7, 11) is 0. The van der Waals surface area contributed by atoms with E-state index < -0.39 is 0 Å². The van der Waals surface area contributed by atoms with Gasteiger partial charge in [-0.1, -0.05) is 52.5 Å². The molecule has 0 radical (unpaired) electrons. The van der Waals surface area contributed by atoms with Gasteiger partial charge >= 0.3 is 0 Å². The molecule has 0 amide bonds. The molecule has 0 aromatic heterocycles. The van der Waals surface area contributed by atoms with Crippen LogP contribution in [-0.4, -0.2) is 6.21 Å². The van der Waals surface area contributed by atoms with Crippen LogP contribution in [0.15, 0.2) is 35.3 Å². The molecule has 98 valence electrons. The number of hydrogen-bond acceptors (Lipinski definition) is 2. The molecule has 0 spiro atoms. The summed E-state index contributed by atoms with van der Waals surface area (Å²) in [5, 5.41) is 1.74. The summed E-state index contributed by atoms with van der Waals surface area (Å²) in [5.74, 6) is 0. The molecule has 19 heavy (non-hydrogen) atoms. The zero-order chi connectivity index (χ0) is 14.0.